The van der Waals surface area contributed by atoms with Crippen molar-refractivity contribution in [3.8, 4) is 0 Å². The van der Waals surface area contributed by atoms with Gasteiger partial charge in [0, 0.05) is 5.71 Å². The molecule has 0 fully saturated rings. The molecule has 0 saturated carbocycles. The number of hydrogen-bond donors (Lipinski definition) is 1. The van der Waals surface area contributed by atoms with E-state index in [9.17, 15) is 0 Å². The molecule has 0 aromatic heterocycles. The van der Waals surface area contributed by atoms with Gasteiger partial charge in [0.25, 0.3) is 0 Å². The van der Waals surface area contributed by atoms with Gasteiger partial charge in [0.15, 0.2) is 0 Å². The molecule has 2 nitrogen and oxygen atoms in total. The molecule has 1 rings (SSSR count). The third kappa shape index (κ3) is 2.85. The van der Waals surface area contributed by atoms with Crippen LogP contribution in [0.3, 0.4) is 0 Å². The van der Waals surface area contributed by atoms with Gasteiger partial charge in [-0.15, -0.1) is 0 Å². The summed E-state index contributed by atoms with van der Waals surface area (Å²) in [5.74, 6) is 0.685. The van der Waals surface area contributed by atoms with E-state index in [1.807, 2.05) is 25.3 Å². The molecule has 0 aliphatic carbocycles. The molecule has 11 heavy (non-hydrogen) atoms. The van der Waals surface area contributed by atoms with Crippen molar-refractivity contribution >= 4 is 5.71 Å². The topological polar surface area (TPSA) is 24.4 Å². The smallest absolute Gasteiger partial charge is 0.122 e. The van der Waals surface area contributed by atoms with Gasteiger partial charge in [-0.2, -0.15) is 0 Å². The maximum atomic E-state index is 4.17. The minimum atomic E-state index is 0.685. The van der Waals surface area contributed by atoms with Crippen molar-refractivity contribution in [1.29, 1.82) is 0 Å². The lowest BCUT2D eigenvalue weighted by Crippen LogP contribution is -2.01. The maximum absolute atomic E-state index is 4.17. The first-order chi connectivity index (χ1) is 5.29. The van der Waals surface area contributed by atoms with Crippen molar-refractivity contribution < 1.29 is 0 Å². The number of aliphatic imine (C=N–C) groups is 1. The monoisotopic (exact) mass is 148 g/mol. The number of nitrogens with one attached hydrogen (secondary N) is 1. The zero-order valence-corrected chi connectivity index (χ0v) is 6.67. The molecule has 0 bridgehead atoms. The van der Waals surface area contributed by atoms with Crippen LogP contribution in [0.15, 0.2) is 41.8 Å². The lowest BCUT2D eigenvalue weighted by molar-refractivity contribution is 1.03. The zero-order valence-electron chi connectivity index (χ0n) is 6.67. The summed E-state index contributed by atoms with van der Waals surface area (Å²) < 4.78 is 0. The molecular formula is C9H12N2. The van der Waals surface area contributed by atoms with Gasteiger partial charge in [-0.05, 0) is 25.6 Å². The van der Waals surface area contributed by atoms with Crippen LogP contribution in [0, 0.1) is 0 Å². The van der Waals surface area contributed by atoms with Crippen LogP contribution in [-0.2, 0) is 0 Å². The molecule has 0 aromatic rings. The summed E-state index contributed by atoms with van der Waals surface area (Å²) in [6.45, 7) is 5.68. The fourth-order valence-corrected chi connectivity index (χ4v) is 0.823. The Kier molecular flexibility index (Phi) is 2.66. The number of nitrogens with zero attached hydrogens (tertiary/aromatic N) is 1. The van der Waals surface area contributed by atoms with Crippen molar-refractivity contribution in [2.45, 2.75) is 13.3 Å². The first-order valence-corrected chi connectivity index (χ1v) is 3.61. The van der Waals surface area contributed by atoms with Crippen molar-refractivity contribution in [2.24, 2.45) is 4.99 Å². The first kappa shape index (κ1) is 7.79. The van der Waals surface area contributed by atoms with Crippen molar-refractivity contribution in [3.63, 3.8) is 0 Å². The summed E-state index contributed by atoms with van der Waals surface area (Å²) in [6.07, 6.45) is 8.87. The Bertz CT molecular complexity index is 234. The molecule has 0 radical (unpaired) electrons. The van der Waals surface area contributed by atoms with Crippen LogP contribution < -0.4 is 5.32 Å². The molecule has 58 valence electrons. The lowest BCUT2D eigenvalue weighted by atomic mass is 10.3. The average molecular weight is 148 g/mol. The van der Waals surface area contributed by atoms with Crippen LogP contribution in [-0.4, -0.2) is 5.71 Å². The SMILES string of the molecule is C=C1N=C(C)/C=C\C/C=C\N1. The summed E-state index contributed by atoms with van der Waals surface area (Å²) in [6, 6.07) is 0. The summed E-state index contributed by atoms with van der Waals surface area (Å²) in [5.41, 5.74) is 0.978. The second kappa shape index (κ2) is 3.76. The summed E-state index contributed by atoms with van der Waals surface area (Å²) in [7, 11) is 0. The van der Waals surface area contributed by atoms with E-state index in [1.54, 1.807) is 0 Å². The predicted molar refractivity (Wildman–Crippen MR) is 48.3 cm³/mol. The Labute approximate surface area is 67.0 Å². The van der Waals surface area contributed by atoms with Gasteiger partial charge >= 0.3 is 0 Å². The van der Waals surface area contributed by atoms with E-state index < -0.39 is 0 Å². The zero-order chi connectivity index (χ0) is 8.10. The van der Waals surface area contributed by atoms with Crippen LogP contribution in [0.25, 0.3) is 0 Å². The fraction of sp³-hybridized carbons (Fsp3) is 0.222. The minimum Gasteiger partial charge on any atom is -0.347 e. The van der Waals surface area contributed by atoms with E-state index in [4.69, 9.17) is 0 Å². The second-order valence-electron chi connectivity index (χ2n) is 2.38. The molecule has 2 heteroatoms. The highest BCUT2D eigenvalue weighted by Crippen LogP contribution is 1.95. The number of hydrogen-bond acceptors (Lipinski definition) is 2. The molecule has 1 aliphatic rings. The Morgan fingerprint density at radius 1 is 1.55 bits per heavy atom. The Balaban J connectivity index is 2.76. The standard InChI is InChI=1S/C9H12N2/c1-8-6-4-3-5-7-10-9(2)11-8/h4-7,10H,2-3H2,1H3/b6-4-,7-5-,11-8?. The highest BCUT2D eigenvalue weighted by atomic mass is 15.0. The normalized spacial score (nSPS) is 23.7. The Hall–Kier alpha value is -1.31. The number of rotatable bonds is 0. The fourth-order valence-electron chi connectivity index (χ4n) is 0.823. The molecule has 0 unspecified atom stereocenters. The second-order valence-corrected chi connectivity index (χ2v) is 2.38. The van der Waals surface area contributed by atoms with Crippen LogP contribution in [0.2, 0.25) is 0 Å². The molecule has 0 saturated heterocycles. The molecule has 1 heterocycles. The largest absolute Gasteiger partial charge is 0.347 e. The average Bonchev–Trinajstić information content (AvgIpc) is 2.02. The Morgan fingerprint density at radius 3 is 3.18 bits per heavy atom. The van der Waals surface area contributed by atoms with Gasteiger partial charge in [0.1, 0.15) is 5.82 Å². The quantitative estimate of drug-likeness (QED) is 0.558. The molecule has 0 aromatic carbocycles. The molecule has 1 N–H and O–H groups in total. The van der Waals surface area contributed by atoms with Crippen LogP contribution in [0.4, 0.5) is 0 Å². The minimum absolute atomic E-state index is 0.685. The van der Waals surface area contributed by atoms with E-state index in [2.05, 4.69) is 23.0 Å². The molecule has 0 spiro atoms. The van der Waals surface area contributed by atoms with E-state index in [-0.39, 0.29) is 0 Å². The van der Waals surface area contributed by atoms with Crippen molar-refractivity contribution in [1.82, 2.24) is 5.32 Å². The number of allylic oxidation sites excluding steroid dienone is 3. The van der Waals surface area contributed by atoms with Gasteiger partial charge in [0.2, 0.25) is 0 Å². The van der Waals surface area contributed by atoms with Crippen molar-refractivity contribution in [3.05, 3.63) is 36.8 Å². The van der Waals surface area contributed by atoms with E-state index in [0.717, 1.165) is 12.1 Å². The van der Waals surface area contributed by atoms with Crippen LogP contribution >= 0.6 is 0 Å². The van der Waals surface area contributed by atoms with Gasteiger partial charge in [0.05, 0.1) is 0 Å². The molecule has 0 atom stereocenters. The lowest BCUT2D eigenvalue weighted by Gasteiger charge is -1.97. The van der Waals surface area contributed by atoms with E-state index in [0.29, 0.717) is 5.82 Å². The molecule has 0 amide bonds. The predicted octanol–water partition coefficient (Wildman–Crippen LogP) is 1.98. The molecular weight excluding hydrogens is 136 g/mol. The van der Waals surface area contributed by atoms with Crippen LogP contribution in [0.1, 0.15) is 13.3 Å². The summed E-state index contributed by atoms with van der Waals surface area (Å²) in [4.78, 5) is 4.17. The summed E-state index contributed by atoms with van der Waals surface area (Å²) in [5, 5.41) is 2.95. The van der Waals surface area contributed by atoms with E-state index in [1.165, 1.54) is 0 Å². The Morgan fingerprint density at radius 2 is 2.36 bits per heavy atom. The van der Waals surface area contributed by atoms with Crippen molar-refractivity contribution in [2.75, 3.05) is 0 Å². The molecule has 1 aliphatic heterocycles. The highest BCUT2D eigenvalue weighted by Gasteiger charge is 1.88. The van der Waals surface area contributed by atoms with Crippen LogP contribution in [0.5, 0.6) is 0 Å². The highest BCUT2D eigenvalue weighted by molar-refractivity contribution is 5.93. The summed E-state index contributed by atoms with van der Waals surface area (Å²) >= 11 is 0. The van der Waals surface area contributed by atoms with Gasteiger partial charge in [-0.3, -0.25) is 0 Å². The third-order valence-electron chi connectivity index (χ3n) is 1.31. The van der Waals surface area contributed by atoms with Gasteiger partial charge in [-0.25, -0.2) is 4.99 Å². The first-order valence-electron chi connectivity index (χ1n) is 3.61. The maximum Gasteiger partial charge on any atom is 0.122 e. The third-order valence-corrected chi connectivity index (χ3v) is 1.31. The van der Waals surface area contributed by atoms with E-state index >= 15 is 0 Å². The van der Waals surface area contributed by atoms with Gasteiger partial charge < -0.3 is 5.32 Å². The van der Waals surface area contributed by atoms with Gasteiger partial charge in [-0.1, -0.05) is 18.7 Å².